The van der Waals surface area contributed by atoms with Gasteiger partial charge in [0.25, 0.3) is 0 Å². The van der Waals surface area contributed by atoms with E-state index in [0.29, 0.717) is 12.4 Å². The molecule has 0 spiro atoms. The Bertz CT molecular complexity index is 542. The number of ether oxygens (including phenoxy) is 1. The summed E-state index contributed by atoms with van der Waals surface area (Å²) in [7, 11) is 0. The van der Waals surface area contributed by atoms with Crippen molar-refractivity contribution in [2.24, 2.45) is 0 Å². The third-order valence-electron chi connectivity index (χ3n) is 2.21. The van der Waals surface area contributed by atoms with Gasteiger partial charge in [0.1, 0.15) is 18.1 Å². The first kappa shape index (κ1) is 10.3. The zero-order valence-corrected chi connectivity index (χ0v) is 8.56. The molecule has 1 aromatic heterocycles. The van der Waals surface area contributed by atoms with E-state index in [1.807, 2.05) is 12.1 Å². The number of aromatic carboxylic acids is 1. The second-order valence-electron chi connectivity index (χ2n) is 3.31. The van der Waals surface area contributed by atoms with Crippen molar-refractivity contribution in [1.29, 1.82) is 0 Å². The van der Waals surface area contributed by atoms with Gasteiger partial charge in [-0.25, -0.2) is 4.79 Å². The third-order valence-corrected chi connectivity index (χ3v) is 2.21. The van der Waals surface area contributed by atoms with Gasteiger partial charge in [0, 0.05) is 10.9 Å². The molecule has 0 radical (unpaired) electrons. The van der Waals surface area contributed by atoms with Crippen LogP contribution in [0.2, 0.25) is 0 Å². The highest BCUT2D eigenvalue weighted by Gasteiger charge is 2.10. The normalized spacial score (nSPS) is 10.2. The number of nitrogens with one attached hydrogen (secondary N) is 1. The molecule has 0 aliphatic heterocycles. The molecule has 0 fully saturated rings. The van der Waals surface area contributed by atoms with Crippen molar-refractivity contribution in [2.45, 2.75) is 0 Å². The number of H-pyrrole nitrogens is 1. The highest BCUT2D eigenvalue weighted by molar-refractivity contribution is 5.96. The summed E-state index contributed by atoms with van der Waals surface area (Å²) in [6, 6.07) is 6.98. The van der Waals surface area contributed by atoms with Gasteiger partial charge in [-0.3, -0.25) is 0 Å². The van der Waals surface area contributed by atoms with Crippen molar-refractivity contribution in [3.05, 3.63) is 42.6 Å². The molecule has 4 heteroatoms. The number of carbonyl (C=O) groups is 1. The van der Waals surface area contributed by atoms with Gasteiger partial charge < -0.3 is 14.8 Å². The zero-order valence-electron chi connectivity index (χ0n) is 8.56. The van der Waals surface area contributed by atoms with Crippen LogP contribution in [0.5, 0.6) is 5.75 Å². The van der Waals surface area contributed by atoms with E-state index in [9.17, 15) is 4.79 Å². The van der Waals surface area contributed by atoms with Crippen LogP contribution in [0.25, 0.3) is 10.9 Å². The maximum absolute atomic E-state index is 10.8. The molecular formula is C12H11NO3. The molecule has 1 aromatic carbocycles. The maximum Gasteiger partial charge on any atom is 0.352 e. The zero-order chi connectivity index (χ0) is 11.5. The third kappa shape index (κ3) is 1.77. The van der Waals surface area contributed by atoms with Gasteiger partial charge in [-0.05, 0) is 18.2 Å². The average molecular weight is 217 g/mol. The van der Waals surface area contributed by atoms with Crippen molar-refractivity contribution in [3.8, 4) is 5.75 Å². The van der Waals surface area contributed by atoms with Crippen molar-refractivity contribution in [3.63, 3.8) is 0 Å². The molecule has 16 heavy (non-hydrogen) atoms. The Morgan fingerprint density at radius 1 is 1.56 bits per heavy atom. The van der Waals surface area contributed by atoms with Crippen LogP contribution in [-0.4, -0.2) is 22.7 Å². The lowest BCUT2D eigenvalue weighted by Gasteiger charge is -2.03. The Morgan fingerprint density at radius 2 is 2.38 bits per heavy atom. The van der Waals surface area contributed by atoms with E-state index in [4.69, 9.17) is 9.84 Å². The molecule has 2 N–H and O–H groups in total. The van der Waals surface area contributed by atoms with Crippen LogP contribution in [0.1, 0.15) is 10.5 Å². The summed E-state index contributed by atoms with van der Waals surface area (Å²) in [5.41, 5.74) is 0.906. The number of aromatic amines is 1. The van der Waals surface area contributed by atoms with E-state index in [1.54, 1.807) is 18.2 Å². The number of fused-ring (bicyclic) bond motifs is 1. The van der Waals surface area contributed by atoms with Gasteiger partial charge >= 0.3 is 5.97 Å². The molecule has 1 heterocycles. The van der Waals surface area contributed by atoms with Gasteiger partial charge in [-0.15, -0.1) is 0 Å². The van der Waals surface area contributed by atoms with Crippen LogP contribution in [0.3, 0.4) is 0 Å². The number of rotatable bonds is 4. The van der Waals surface area contributed by atoms with Gasteiger partial charge in [0.05, 0.1) is 0 Å². The molecule has 0 saturated carbocycles. The van der Waals surface area contributed by atoms with Crippen molar-refractivity contribution in [2.75, 3.05) is 6.61 Å². The number of hydrogen-bond donors (Lipinski definition) is 2. The van der Waals surface area contributed by atoms with E-state index < -0.39 is 5.97 Å². The molecule has 0 atom stereocenters. The molecule has 0 unspecified atom stereocenters. The first-order valence-electron chi connectivity index (χ1n) is 4.81. The lowest BCUT2D eigenvalue weighted by molar-refractivity contribution is 0.0691. The summed E-state index contributed by atoms with van der Waals surface area (Å²) in [5.74, 6) is -0.327. The number of carboxylic acids is 1. The van der Waals surface area contributed by atoms with Crippen LogP contribution in [0.15, 0.2) is 36.9 Å². The number of carboxylic acid groups (broad SMARTS) is 1. The predicted molar refractivity (Wildman–Crippen MR) is 61.0 cm³/mol. The second-order valence-corrected chi connectivity index (χ2v) is 3.31. The Labute approximate surface area is 92.2 Å². The Hall–Kier alpha value is -2.23. The predicted octanol–water partition coefficient (Wildman–Crippen LogP) is 2.43. The molecule has 2 rings (SSSR count). The fourth-order valence-corrected chi connectivity index (χ4v) is 1.52. The Kier molecular flexibility index (Phi) is 2.64. The average Bonchev–Trinajstić information content (AvgIpc) is 2.70. The summed E-state index contributed by atoms with van der Waals surface area (Å²) >= 11 is 0. The fraction of sp³-hybridized carbons (Fsp3) is 0.0833. The minimum Gasteiger partial charge on any atom is -0.489 e. The highest BCUT2D eigenvalue weighted by atomic mass is 16.5. The minimum absolute atomic E-state index is 0.157. The topological polar surface area (TPSA) is 62.3 Å². The monoisotopic (exact) mass is 217 g/mol. The maximum atomic E-state index is 10.8. The molecule has 4 nitrogen and oxygen atoms in total. The molecule has 82 valence electrons. The van der Waals surface area contributed by atoms with Crippen molar-refractivity contribution >= 4 is 16.9 Å². The highest BCUT2D eigenvalue weighted by Crippen LogP contribution is 2.26. The van der Waals surface area contributed by atoms with E-state index in [1.165, 1.54) is 0 Å². The smallest absolute Gasteiger partial charge is 0.352 e. The largest absolute Gasteiger partial charge is 0.489 e. The quantitative estimate of drug-likeness (QED) is 0.773. The summed E-state index contributed by atoms with van der Waals surface area (Å²) in [6.07, 6.45) is 1.64. The van der Waals surface area contributed by atoms with Crippen molar-refractivity contribution < 1.29 is 14.6 Å². The van der Waals surface area contributed by atoms with E-state index >= 15 is 0 Å². The van der Waals surface area contributed by atoms with E-state index in [2.05, 4.69) is 11.6 Å². The van der Waals surface area contributed by atoms with Crippen LogP contribution in [-0.2, 0) is 0 Å². The minimum atomic E-state index is -0.981. The van der Waals surface area contributed by atoms with Gasteiger partial charge in [-0.2, -0.15) is 0 Å². The molecule has 2 aromatic rings. The molecule has 0 bridgehead atoms. The fourth-order valence-electron chi connectivity index (χ4n) is 1.52. The summed E-state index contributed by atoms with van der Waals surface area (Å²) in [5, 5.41) is 9.63. The summed E-state index contributed by atoms with van der Waals surface area (Å²) in [6.45, 7) is 3.96. The molecular weight excluding hydrogens is 206 g/mol. The van der Waals surface area contributed by atoms with Crippen molar-refractivity contribution in [1.82, 2.24) is 4.98 Å². The standard InChI is InChI=1S/C12H11NO3/c1-2-6-16-11-5-3-4-9-8(11)7-10(13-9)12(14)15/h2-5,7,13H,1,6H2,(H,14,15). The van der Waals surface area contributed by atoms with E-state index in [0.717, 1.165) is 10.9 Å². The van der Waals surface area contributed by atoms with Crippen LogP contribution < -0.4 is 4.74 Å². The SMILES string of the molecule is C=CCOc1cccc2[nH]c(C(=O)O)cc12. The van der Waals surface area contributed by atoms with Gasteiger partial charge in [-0.1, -0.05) is 18.7 Å². The van der Waals surface area contributed by atoms with Crippen LogP contribution in [0.4, 0.5) is 0 Å². The van der Waals surface area contributed by atoms with E-state index in [-0.39, 0.29) is 5.69 Å². The molecule has 0 amide bonds. The lowest BCUT2D eigenvalue weighted by atomic mass is 10.2. The van der Waals surface area contributed by atoms with Gasteiger partial charge in [0.15, 0.2) is 0 Å². The molecule has 0 saturated heterocycles. The lowest BCUT2D eigenvalue weighted by Crippen LogP contribution is -1.94. The van der Waals surface area contributed by atoms with Crippen LogP contribution in [0, 0.1) is 0 Å². The molecule has 0 aliphatic carbocycles. The second kappa shape index (κ2) is 4.10. The summed E-state index contributed by atoms with van der Waals surface area (Å²) in [4.78, 5) is 13.6. The van der Waals surface area contributed by atoms with Crippen LogP contribution >= 0.6 is 0 Å². The number of hydrogen-bond acceptors (Lipinski definition) is 2. The Balaban J connectivity index is 2.49. The first-order chi connectivity index (χ1) is 7.72. The first-order valence-corrected chi connectivity index (χ1v) is 4.81. The Morgan fingerprint density at radius 3 is 3.06 bits per heavy atom. The number of benzene rings is 1. The number of aromatic nitrogens is 1. The summed E-state index contributed by atoms with van der Waals surface area (Å²) < 4.78 is 5.43. The molecule has 0 aliphatic rings. The van der Waals surface area contributed by atoms with Gasteiger partial charge in [0.2, 0.25) is 0 Å².